The smallest absolute Gasteiger partial charge is 0.251 e. The minimum absolute atomic E-state index is 0.225. The Morgan fingerprint density at radius 2 is 1.84 bits per heavy atom. The summed E-state index contributed by atoms with van der Waals surface area (Å²) in [7, 11) is 0. The monoisotopic (exact) mass is 301 g/mol. The molecule has 0 atom stereocenters. The molecule has 2 rings (SSSR count). The number of aliphatic hydroxyl groups is 1. The lowest BCUT2D eigenvalue weighted by atomic mass is 10.1. The Hall–Kier alpha value is -0.720. The van der Waals surface area contributed by atoms with Crippen LogP contribution in [-0.4, -0.2) is 46.2 Å². The van der Waals surface area contributed by atoms with E-state index < -0.39 is 5.60 Å². The number of nitrogens with one attached hydrogen (secondary N) is 1. The molecule has 0 saturated carbocycles. The van der Waals surface area contributed by atoms with Gasteiger partial charge in [0, 0.05) is 35.1 Å². The zero-order valence-electron chi connectivity index (χ0n) is 10.4. The normalized spacial score (nSPS) is 18.6. The highest BCUT2D eigenvalue weighted by Crippen LogP contribution is 2.24. The van der Waals surface area contributed by atoms with Crippen molar-refractivity contribution in [3.05, 3.63) is 35.6 Å². The predicted molar refractivity (Wildman–Crippen MR) is 78.3 cm³/mol. The zero-order valence-corrected chi connectivity index (χ0v) is 12.0. The molecule has 0 spiro atoms. The number of thioether (sulfide) groups is 2. The molecule has 0 aromatic heterocycles. The molecular formula is C13H16FNO2S2. The molecular weight excluding hydrogens is 285 g/mol. The van der Waals surface area contributed by atoms with Crippen LogP contribution in [0.15, 0.2) is 24.3 Å². The summed E-state index contributed by atoms with van der Waals surface area (Å²) in [5.41, 5.74) is -0.458. The molecule has 0 unspecified atom stereocenters. The van der Waals surface area contributed by atoms with Gasteiger partial charge in [0.25, 0.3) is 5.91 Å². The third kappa shape index (κ3) is 4.40. The maximum Gasteiger partial charge on any atom is 0.251 e. The van der Waals surface area contributed by atoms with Crippen molar-refractivity contribution in [1.82, 2.24) is 5.32 Å². The van der Waals surface area contributed by atoms with Crippen molar-refractivity contribution in [1.29, 1.82) is 0 Å². The Kier molecular flexibility index (Phi) is 5.13. The van der Waals surface area contributed by atoms with E-state index in [9.17, 15) is 14.3 Å². The fourth-order valence-electron chi connectivity index (χ4n) is 1.73. The average molecular weight is 301 g/mol. The lowest BCUT2D eigenvalue weighted by Gasteiger charge is -2.25. The van der Waals surface area contributed by atoms with E-state index in [0.717, 1.165) is 11.5 Å². The van der Waals surface area contributed by atoms with Crippen LogP contribution < -0.4 is 5.32 Å². The summed E-state index contributed by atoms with van der Waals surface area (Å²) in [6, 6.07) is 5.37. The largest absolute Gasteiger partial charge is 0.386 e. The molecule has 6 heteroatoms. The fraction of sp³-hybridized carbons (Fsp3) is 0.462. The third-order valence-corrected chi connectivity index (χ3v) is 5.52. The van der Waals surface area contributed by atoms with Gasteiger partial charge in [0.2, 0.25) is 0 Å². The molecule has 1 aromatic rings. The van der Waals surface area contributed by atoms with Gasteiger partial charge in [-0.1, -0.05) is 0 Å². The first kappa shape index (κ1) is 14.7. The molecule has 0 bridgehead atoms. The van der Waals surface area contributed by atoms with E-state index in [-0.39, 0.29) is 18.3 Å². The van der Waals surface area contributed by atoms with Gasteiger partial charge in [-0.3, -0.25) is 4.79 Å². The maximum atomic E-state index is 12.8. The van der Waals surface area contributed by atoms with Gasteiger partial charge in [-0.05, 0) is 24.3 Å². The Bertz CT molecular complexity index is 431. The second-order valence-electron chi connectivity index (χ2n) is 4.52. The van der Waals surface area contributed by atoms with Gasteiger partial charge in [-0.15, -0.1) is 0 Å². The summed E-state index contributed by atoms with van der Waals surface area (Å²) in [4.78, 5) is 11.9. The van der Waals surface area contributed by atoms with Crippen LogP contribution in [0.2, 0.25) is 0 Å². The van der Waals surface area contributed by atoms with E-state index in [1.165, 1.54) is 24.3 Å². The number of hydrogen-bond acceptors (Lipinski definition) is 4. The summed E-state index contributed by atoms with van der Waals surface area (Å²) in [5, 5.41) is 13.1. The number of rotatable bonds is 3. The number of hydrogen-bond donors (Lipinski definition) is 2. The number of amides is 1. The first-order chi connectivity index (χ1) is 9.09. The van der Waals surface area contributed by atoms with Crippen LogP contribution in [0, 0.1) is 5.82 Å². The summed E-state index contributed by atoms with van der Waals surface area (Å²) >= 11 is 3.40. The minimum atomic E-state index is -0.860. The number of halogens is 1. The van der Waals surface area contributed by atoms with Crippen molar-refractivity contribution < 1.29 is 14.3 Å². The highest BCUT2D eigenvalue weighted by Gasteiger charge is 2.29. The molecule has 1 amide bonds. The first-order valence-corrected chi connectivity index (χ1v) is 8.32. The van der Waals surface area contributed by atoms with Crippen LogP contribution in [0.4, 0.5) is 4.39 Å². The Balaban J connectivity index is 1.90. The number of carbonyl (C=O) groups is 1. The van der Waals surface area contributed by atoms with Gasteiger partial charge in [-0.2, -0.15) is 23.5 Å². The van der Waals surface area contributed by atoms with Crippen LogP contribution in [0.5, 0.6) is 0 Å². The molecule has 0 radical (unpaired) electrons. The average Bonchev–Trinajstić information content (AvgIpc) is 2.62. The molecule has 1 aliphatic rings. The highest BCUT2D eigenvalue weighted by molar-refractivity contribution is 8.03. The van der Waals surface area contributed by atoms with Gasteiger partial charge < -0.3 is 10.4 Å². The first-order valence-electron chi connectivity index (χ1n) is 6.01. The SMILES string of the molecule is O=C(NCC1(O)CSCCSC1)c1ccc(F)cc1. The topological polar surface area (TPSA) is 49.3 Å². The fourth-order valence-corrected chi connectivity index (χ4v) is 4.26. The molecule has 1 aliphatic heterocycles. The minimum Gasteiger partial charge on any atom is -0.386 e. The van der Waals surface area contributed by atoms with Crippen molar-refractivity contribution in [2.24, 2.45) is 0 Å². The lowest BCUT2D eigenvalue weighted by molar-refractivity contribution is 0.0753. The van der Waals surface area contributed by atoms with Gasteiger partial charge in [0.1, 0.15) is 5.82 Å². The van der Waals surface area contributed by atoms with Gasteiger partial charge >= 0.3 is 0 Å². The predicted octanol–water partition coefficient (Wildman–Crippen LogP) is 1.77. The molecule has 1 fully saturated rings. The van der Waals surface area contributed by atoms with Crippen LogP contribution in [0.1, 0.15) is 10.4 Å². The summed E-state index contributed by atoms with van der Waals surface area (Å²) in [5.74, 6) is 2.66. The third-order valence-electron chi connectivity index (χ3n) is 2.80. The van der Waals surface area contributed by atoms with E-state index in [1.54, 1.807) is 23.5 Å². The van der Waals surface area contributed by atoms with Crippen LogP contribution in [-0.2, 0) is 0 Å². The van der Waals surface area contributed by atoms with E-state index in [4.69, 9.17) is 0 Å². The van der Waals surface area contributed by atoms with Crippen molar-refractivity contribution >= 4 is 29.4 Å². The van der Waals surface area contributed by atoms with Crippen LogP contribution in [0.3, 0.4) is 0 Å². The zero-order chi connectivity index (χ0) is 13.7. The number of carbonyl (C=O) groups excluding carboxylic acids is 1. The molecule has 3 nitrogen and oxygen atoms in total. The van der Waals surface area contributed by atoms with Gasteiger partial charge in [0.05, 0.1) is 5.60 Å². The quantitative estimate of drug-likeness (QED) is 0.893. The Labute approximate surface area is 120 Å². The molecule has 2 N–H and O–H groups in total. The van der Waals surface area contributed by atoms with Crippen molar-refractivity contribution in [2.75, 3.05) is 29.6 Å². The van der Waals surface area contributed by atoms with Crippen LogP contribution >= 0.6 is 23.5 Å². The van der Waals surface area contributed by atoms with Crippen molar-refractivity contribution in [2.45, 2.75) is 5.60 Å². The van der Waals surface area contributed by atoms with E-state index in [0.29, 0.717) is 17.1 Å². The molecule has 0 aliphatic carbocycles. The summed E-state index contributed by atoms with van der Waals surface area (Å²) < 4.78 is 12.8. The Morgan fingerprint density at radius 1 is 1.26 bits per heavy atom. The lowest BCUT2D eigenvalue weighted by Crippen LogP contribution is -2.46. The van der Waals surface area contributed by atoms with E-state index >= 15 is 0 Å². The summed E-state index contributed by atoms with van der Waals surface area (Å²) in [6.45, 7) is 0.225. The molecule has 1 heterocycles. The van der Waals surface area contributed by atoms with Crippen molar-refractivity contribution in [3.63, 3.8) is 0 Å². The van der Waals surface area contributed by atoms with E-state index in [2.05, 4.69) is 5.32 Å². The van der Waals surface area contributed by atoms with Gasteiger partial charge in [0.15, 0.2) is 0 Å². The van der Waals surface area contributed by atoms with Gasteiger partial charge in [-0.25, -0.2) is 4.39 Å². The second-order valence-corrected chi connectivity index (χ2v) is 6.73. The molecule has 1 aromatic carbocycles. The second kappa shape index (κ2) is 6.63. The standard InChI is InChI=1S/C13H16FNO2S2/c14-11-3-1-10(2-4-11)12(16)15-7-13(17)8-18-5-6-19-9-13/h1-4,17H,5-9H2,(H,15,16). The maximum absolute atomic E-state index is 12.8. The molecule has 104 valence electrons. The highest BCUT2D eigenvalue weighted by atomic mass is 32.2. The van der Waals surface area contributed by atoms with E-state index in [1.807, 2.05) is 0 Å². The van der Waals surface area contributed by atoms with Crippen LogP contribution in [0.25, 0.3) is 0 Å². The summed E-state index contributed by atoms with van der Waals surface area (Å²) in [6.07, 6.45) is 0. The molecule has 19 heavy (non-hydrogen) atoms. The molecule has 1 saturated heterocycles. The van der Waals surface area contributed by atoms with Crippen molar-refractivity contribution in [3.8, 4) is 0 Å². The Morgan fingerprint density at radius 3 is 2.42 bits per heavy atom. The number of benzene rings is 1.